The second kappa shape index (κ2) is 4.61. The van der Waals surface area contributed by atoms with Gasteiger partial charge >= 0.3 is 0 Å². The Kier molecular flexibility index (Phi) is 2.94. The lowest BCUT2D eigenvalue weighted by Crippen LogP contribution is -2.15. The maximum atomic E-state index is 12.6. The van der Waals surface area contributed by atoms with Crippen LogP contribution in [0, 0.1) is 11.8 Å². The summed E-state index contributed by atoms with van der Waals surface area (Å²) in [6.45, 7) is 4.24. The third-order valence-corrected chi connectivity index (χ3v) is 3.92. The molecule has 1 unspecified atom stereocenters. The molecule has 1 aromatic heterocycles. The maximum Gasteiger partial charge on any atom is 0.167 e. The fraction of sp³-hybridized carbons (Fsp3) is 0.294. The van der Waals surface area contributed by atoms with Crippen molar-refractivity contribution < 1.29 is 4.79 Å². The molecule has 2 heteroatoms. The first kappa shape index (κ1) is 12.1. The topological polar surface area (TPSA) is 30.0 Å². The van der Waals surface area contributed by atoms with Crippen LogP contribution in [0.5, 0.6) is 0 Å². The Morgan fingerprint density at radius 2 is 2.00 bits per heavy atom. The summed E-state index contributed by atoms with van der Waals surface area (Å²) in [5.74, 6) is 0.794. The molecule has 0 radical (unpaired) electrons. The van der Waals surface area contributed by atoms with Gasteiger partial charge in [-0.25, -0.2) is 0 Å². The number of pyridine rings is 1. The van der Waals surface area contributed by atoms with E-state index in [1.54, 1.807) is 6.20 Å². The predicted molar refractivity (Wildman–Crippen MR) is 76.0 cm³/mol. The zero-order valence-electron chi connectivity index (χ0n) is 11.3. The van der Waals surface area contributed by atoms with Crippen LogP contribution >= 0.6 is 0 Å². The van der Waals surface area contributed by atoms with Gasteiger partial charge in [0.15, 0.2) is 5.78 Å². The molecule has 1 aromatic carbocycles. The van der Waals surface area contributed by atoms with Gasteiger partial charge in [0.05, 0.1) is 5.69 Å². The minimum atomic E-state index is 0.125. The van der Waals surface area contributed by atoms with Gasteiger partial charge in [-0.3, -0.25) is 9.78 Å². The molecule has 1 aliphatic rings. The Morgan fingerprint density at radius 3 is 2.68 bits per heavy atom. The normalized spacial score (nSPS) is 17.8. The number of hydrogen-bond donors (Lipinski definition) is 0. The van der Waals surface area contributed by atoms with Gasteiger partial charge in [-0.05, 0) is 30.0 Å². The molecule has 1 heterocycles. The maximum absolute atomic E-state index is 12.6. The monoisotopic (exact) mass is 251 g/mol. The highest BCUT2D eigenvalue weighted by Gasteiger charge is 2.34. The molecule has 0 fully saturated rings. The minimum absolute atomic E-state index is 0.125. The van der Waals surface area contributed by atoms with E-state index in [9.17, 15) is 4.79 Å². The molecule has 1 atom stereocenters. The van der Waals surface area contributed by atoms with Gasteiger partial charge in [-0.2, -0.15) is 0 Å². The quantitative estimate of drug-likeness (QED) is 0.813. The molecule has 0 spiro atoms. The summed E-state index contributed by atoms with van der Waals surface area (Å²) in [7, 11) is 0. The summed E-state index contributed by atoms with van der Waals surface area (Å²) in [6.07, 6.45) is 2.64. The van der Waals surface area contributed by atoms with Gasteiger partial charge in [-0.1, -0.05) is 38.1 Å². The molecule has 0 amide bonds. The van der Waals surface area contributed by atoms with Gasteiger partial charge in [0, 0.05) is 23.2 Å². The van der Waals surface area contributed by atoms with Crippen molar-refractivity contribution in [3.63, 3.8) is 0 Å². The molecule has 0 aliphatic heterocycles. The standard InChI is InChI=1S/C17H17NO/c1-11(2)14-10-12-6-5-7-13(16(12)17(14)19)15-8-3-4-9-18-15/h3-9,11,14H,10H2,1-2H3. The highest BCUT2D eigenvalue weighted by Crippen LogP contribution is 2.36. The second-order valence-electron chi connectivity index (χ2n) is 5.47. The van der Waals surface area contributed by atoms with Crippen LogP contribution in [0.4, 0.5) is 0 Å². The first-order valence-corrected chi connectivity index (χ1v) is 6.76. The molecule has 2 nitrogen and oxygen atoms in total. The van der Waals surface area contributed by atoms with Crippen LogP contribution in [0.15, 0.2) is 42.6 Å². The van der Waals surface area contributed by atoms with Crippen molar-refractivity contribution in [2.75, 3.05) is 0 Å². The average Bonchev–Trinajstić information content (AvgIpc) is 2.78. The second-order valence-corrected chi connectivity index (χ2v) is 5.47. The van der Waals surface area contributed by atoms with E-state index < -0.39 is 0 Å². The number of carbonyl (C=O) groups excluding carboxylic acids is 1. The van der Waals surface area contributed by atoms with Crippen molar-refractivity contribution >= 4 is 5.78 Å². The minimum Gasteiger partial charge on any atom is -0.294 e. The van der Waals surface area contributed by atoms with Gasteiger partial charge in [-0.15, -0.1) is 0 Å². The summed E-state index contributed by atoms with van der Waals surface area (Å²) in [5, 5.41) is 0. The first-order chi connectivity index (χ1) is 9.18. The third-order valence-electron chi connectivity index (χ3n) is 3.92. The molecule has 0 saturated carbocycles. The lowest BCUT2D eigenvalue weighted by Gasteiger charge is -2.11. The third kappa shape index (κ3) is 1.97. The summed E-state index contributed by atoms with van der Waals surface area (Å²) in [4.78, 5) is 17.0. The van der Waals surface area contributed by atoms with Gasteiger partial charge in [0.2, 0.25) is 0 Å². The lowest BCUT2D eigenvalue weighted by molar-refractivity contribution is 0.0906. The summed E-state index contributed by atoms with van der Waals surface area (Å²) >= 11 is 0. The molecule has 3 rings (SSSR count). The fourth-order valence-electron chi connectivity index (χ4n) is 2.85. The van der Waals surface area contributed by atoms with Gasteiger partial charge in [0.1, 0.15) is 0 Å². The number of aromatic nitrogens is 1. The smallest absolute Gasteiger partial charge is 0.167 e. The molecule has 0 N–H and O–H groups in total. The Labute approximate surface area is 113 Å². The van der Waals surface area contributed by atoms with Crippen LogP contribution in [0.1, 0.15) is 29.8 Å². The number of rotatable bonds is 2. The SMILES string of the molecule is CC(C)C1Cc2cccc(-c3ccccn3)c2C1=O. The highest BCUT2D eigenvalue weighted by molar-refractivity contribution is 6.07. The van der Waals surface area contributed by atoms with Crippen LogP contribution in [-0.4, -0.2) is 10.8 Å². The zero-order chi connectivity index (χ0) is 13.4. The summed E-state index contributed by atoms with van der Waals surface area (Å²) < 4.78 is 0. The van der Waals surface area contributed by atoms with Crippen molar-refractivity contribution in [2.24, 2.45) is 11.8 Å². The Morgan fingerprint density at radius 1 is 1.16 bits per heavy atom. The zero-order valence-corrected chi connectivity index (χ0v) is 11.3. The number of fused-ring (bicyclic) bond motifs is 1. The Balaban J connectivity index is 2.13. The van der Waals surface area contributed by atoms with Crippen molar-refractivity contribution in [2.45, 2.75) is 20.3 Å². The van der Waals surface area contributed by atoms with E-state index in [1.807, 2.05) is 30.3 Å². The molecule has 19 heavy (non-hydrogen) atoms. The number of hydrogen-bond acceptors (Lipinski definition) is 2. The van der Waals surface area contributed by atoms with Crippen molar-refractivity contribution in [3.8, 4) is 11.3 Å². The van der Waals surface area contributed by atoms with E-state index in [-0.39, 0.29) is 11.7 Å². The average molecular weight is 251 g/mol. The lowest BCUT2D eigenvalue weighted by atomic mass is 9.91. The van der Waals surface area contributed by atoms with Crippen LogP contribution in [0.3, 0.4) is 0 Å². The predicted octanol–water partition coefficient (Wildman–Crippen LogP) is 3.76. The van der Waals surface area contributed by atoms with Gasteiger partial charge < -0.3 is 0 Å². The molecule has 2 aromatic rings. The van der Waals surface area contributed by atoms with E-state index in [0.29, 0.717) is 5.92 Å². The van der Waals surface area contributed by atoms with Crippen molar-refractivity contribution in [1.29, 1.82) is 0 Å². The summed E-state index contributed by atoms with van der Waals surface area (Å²) in [6, 6.07) is 11.9. The van der Waals surface area contributed by atoms with Gasteiger partial charge in [0.25, 0.3) is 0 Å². The van der Waals surface area contributed by atoms with Crippen LogP contribution < -0.4 is 0 Å². The van der Waals surface area contributed by atoms with E-state index in [1.165, 1.54) is 5.56 Å². The number of ketones is 1. The molecule has 0 bridgehead atoms. The summed E-state index contributed by atoms with van der Waals surface area (Å²) in [5.41, 5.74) is 3.93. The Bertz CT molecular complexity index is 616. The number of nitrogens with zero attached hydrogens (tertiary/aromatic N) is 1. The van der Waals surface area contributed by atoms with Crippen LogP contribution in [0.2, 0.25) is 0 Å². The van der Waals surface area contributed by atoms with Crippen LogP contribution in [-0.2, 0) is 6.42 Å². The number of Topliss-reactive ketones (excluding diaryl/α,β-unsaturated/α-hetero) is 1. The van der Waals surface area contributed by atoms with Crippen molar-refractivity contribution in [3.05, 3.63) is 53.7 Å². The highest BCUT2D eigenvalue weighted by atomic mass is 16.1. The molecule has 0 saturated heterocycles. The largest absolute Gasteiger partial charge is 0.294 e. The van der Waals surface area contributed by atoms with Crippen LogP contribution in [0.25, 0.3) is 11.3 Å². The fourth-order valence-corrected chi connectivity index (χ4v) is 2.85. The number of benzene rings is 1. The molecular weight excluding hydrogens is 234 g/mol. The molecule has 96 valence electrons. The Hall–Kier alpha value is -1.96. The van der Waals surface area contributed by atoms with E-state index in [2.05, 4.69) is 24.9 Å². The van der Waals surface area contributed by atoms with E-state index in [4.69, 9.17) is 0 Å². The van der Waals surface area contributed by atoms with E-state index >= 15 is 0 Å². The van der Waals surface area contributed by atoms with E-state index in [0.717, 1.165) is 23.2 Å². The molecule has 1 aliphatic carbocycles. The first-order valence-electron chi connectivity index (χ1n) is 6.76. The number of carbonyl (C=O) groups is 1. The molecular formula is C17H17NO. The van der Waals surface area contributed by atoms with Crippen molar-refractivity contribution in [1.82, 2.24) is 4.98 Å².